The Morgan fingerprint density at radius 3 is 2.50 bits per heavy atom. The number of carbonyl (C=O) groups is 1. The Kier molecular flexibility index (Phi) is 6.11. The molecule has 4 rings (SSSR count). The highest BCUT2D eigenvalue weighted by Gasteiger charge is 2.23. The molecule has 3 aromatic carbocycles. The number of hydrogen-bond donors (Lipinski definition) is 0. The second-order valence-corrected chi connectivity index (χ2v) is 6.81. The van der Waals surface area contributed by atoms with E-state index in [1.165, 1.54) is 0 Å². The summed E-state index contributed by atoms with van der Waals surface area (Å²) in [5.74, 6) is 1.10. The molecule has 0 aromatic heterocycles. The summed E-state index contributed by atoms with van der Waals surface area (Å²) in [7, 11) is 0. The van der Waals surface area contributed by atoms with Crippen molar-refractivity contribution in [3.63, 3.8) is 0 Å². The van der Waals surface area contributed by atoms with Gasteiger partial charge in [0, 0.05) is 5.56 Å². The van der Waals surface area contributed by atoms with Crippen LogP contribution in [-0.2, 0) is 9.53 Å². The Labute approximate surface area is 179 Å². The van der Waals surface area contributed by atoms with Crippen LogP contribution in [0.1, 0.15) is 11.1 Å². The third-order valence-electron chi connectivity index (χ3n) is 4.25. The molecule has 5 nitrogen and oxygen atoms in total. The maximum absolute atomic E-state index is 12.2. The molecule has 0 fully saturated rings. The Hall–Kier alpha value is -3.57. The van der Waals surface area contributed by atoms with Crippen LogP contribution in [0.15, 0.2) is 89.6 Å². The minimum absolute atomic E-state index is 0.244. The van der Waals surface area contributed by atoms with Gasteiger partial charge in [-0.15, -0.1) is 0 Å². The first-order valence-corrected chi connectivity index (χ1v) is 9.75. The van der Waals surface area contributed by atoms with Crippen molar-refractivity contribution in [2.24, 2.45) is 4.99 Å². The van der Waals surface area contributed by atoms with Gasteiger partial charge in [-0.1, -0.05) is 54.1 Å². The van der Waals surface area contributed by atoms with Crippen LogP contribution in [0.2, 0.25) is 5.02 Å². The maximum Gasteiger partial charge on any atom is 0.363 e. The van der Waals surface area contributed by atoms with E-state index in [2.05, 4.69) is 4.99 Å². The molecule has 0 radical (unpaired) electrons. The van der Waals surface area contributed by atoms with E-state index in [1.807, 2.05) is 66.7 Å². The molecule has 150 valence electrons. The molecule has 0 bridgehead atoms. The van der Waals surface area contributed by atoms with Crippen molar-refractivity contribution >= 4 is 29.5 Å². The second kappa shape index (κ2) is 9.29. The van der Waals surface area contributed by atoms with Gasteiger partial charge in [-0.05, 0) is 48.0 Å². The number of cyclic esters (lactones) is 1. The monoisotopic (exact) mass is 419 g/mol. The molecule has 0 atom stereocenters. The van der Waals surface area contributed by atoms with E-state index in [1.54, 1.807) is 18.2 Å². The third kappa shape index (κ3) is 4.88. The second-order valence-electron chi connectivity index (χ2n) is 6.40. The number of carbonyl (C=O) groups excluding carboxylic acids is 1. The van der Waals surface area contributed by atoms with Gasteiger partial charge in [0.2, 0.25) is 5.90 Å². The average molecular weight is 420 g/mol. The Morgan fingerprint density at radius 1 is 0.900 bits per heavy atom. The standard InChI is InChI=1S/C24H18ClNO4/c25-20-11-4-5-12-22(20)29-14-13-28-19-10-6-7-17(15-19)16-21-24(27)30-23(26-21)18-8-2-1-3-9-18/h1-12,15-16H,13-14H2/b21-16+. The Balaban J connectivity index is 1.39. The minimum Gasteiger partial charge on any atom is -0.490 e. The SMILES string of the molecule is O=C1OC(c2ccccc2)=N/C1=C/c1cccc(OCCOc2ccccc2Cl)c1. The smallest absolute Gasteiger partial charge is 0.363 e. The molecule has 1 aliphatic heterocycles. The first-order chi connectivity index (χ1) is 14.7. The predicted molar refractivity (Wildman–Crippen MR) is 116 cm³/mol. The first-order valence-electron chi connectivity index (χ1n) is 9.37. The largest absolute Gasteiger partial charge is 0.490 e. The molecule has 0 saturated heterocycles. The molecule has 1 heterocycles. The van der Waals surface area contributed by atoms with Crippen LogP contribution in [0.25, 0.3) is 6.08 Å². The summed E-state index contributed by atoms with van der Waals surface area (Å²) >= 11 is 6.06. The normalized spacial score (nSPS) is 14.4. The summed E-state index contributed by atoms with van der Waals surface area (Å²) < 4.78 is 16.6. The van der Waals surface area contributed by atoms with Crippen LogP contribution in [0.5, 0.6) is 11.5 Å². The first kappa shape index (κ1) is 19.7. The number of esters is 1. The fourth-order valence-electron chi connectivity index (χ4n) is 2.84. The van der Waals surface area contributed by atoms with Crippen LogP contribution in [-0.4, -0.2) is 25.1 Å². The zero-order valence-corrected chi connectivity index (χ0v) is 16.7. The average Bonchev–Trinajstić information content (AvgIpc) is 3.13. The van der Waals surface area contributed by atoms with Crippen LogP contribution in [0, 0.1) is 0 Å². The van der Waals surface area contributed by atoms with E-state index in [0.29, 0.717) is 35.6 Å². The van der Waals surface area contributed by atoms with E-state index in [4.69, 9.17) is 25.8 Å². The van der Waals surface area contributed by atoms with Crippen molar-refractivity contribution in [3.8, 4) is 11.5 Å². The third-order valence-corrected chi connectivity index (χ3v) is 4.56. The number of ether oxygens (including phenoxy) is 3. The van der Waals surface area contributed by atoms with Gasteiger partial charge in [0.25, 0.3) is 0 Å². The number of halogens is 1. The lowest BCUT2D eigenvalue weighted by Gasteiger charge is -2.09. The summed E-state index contributed by atoms with van der Waals surface area (Å²) in [6, 6.07) is 24.0. The van der Waals surface area contributed by atoms with Gasteiger partial charge in [0.15, 0.2) is 5.70 Å². The van der Waals surface area contributed by atoms with Crippen molar-refractivity contribution < 1.29 is 19.0 Å². The van der Waals surface area contributed by atoms with Crippen molar-refractivity contribution in [2.75, 3.05) is 13.2 Å². The number of aliphatic imine (C=N–C) groups is 1. The van der Waals surface area contributed by atoms with Crippen molar-refractivity contribution in [1.82, 2.24) is 0 Å². The van der Waals surface area contributed by atoms with Gasteiger partial charge < -0.3 is 14.2 Å². The lowest BCUT2D eigenvalue weighted by Crippen LogP contribution is -2.09. The van der Waals surface area contributed by atoms with Crippen LogP contribution in [0.3, 0.4) is 0 Å². The summed E-state index contributed by atoms with van der Waals surface area (Å²) in [4.78, 5) is 16.5. The van der Waals surface area contributed by atoms with Crippen LogP contribution >= 0.6 is 11.6 Å². The molecule has 1 aliphatic rings. The van der Waals surface area contributed by atoms with E-state index in [-0.39, 0.29) is 5.70 Å². The van der Waals surface area contributed by atoms with E-state index in [0.717, 1.165) is 11.1 Å². The van der Waals surface area contributed by atoms with Gasteiger partial charge in [0.1, 0.15) is 24.7 Å². The minimum atomic E-state index is -0.478. The molecule has 0 saturated carbocycles. The quantitative estimate of drug-likeness (QED) is 0.302. The van der Waals surface area contributed by atoms with Gasteiger partial charge in [-0.2, -0.15) is 0 Å². The number of benzene rings is 3. The van der Waals surface area contributed by atoms with Crippen LogP contribution < -0.4 is 9.47 Å². The molecule has 0 unspecified atom stereocenters. The fraction of sp³-hybridized carbons (Fsp3) is 0.0833. The predicted octanol–water partition coefficient (Wildman–Crippen LogP) is 5.14. The van der Waals surface area contributed by atoms with Crippen molar-refractivity contribution in [2.45, 2.75) is 0 Å². The molecule has 0 spiro atoms. The maximum atomic E-state index is 12.2. The molecule has 3 aromatic rings. The lowest BCUT2D eigenvalue weighted by atomic mass is 10.2. The highest BCUT2D eigenvalue weighted by molar-refractivity contribution is 6.32. The summed E-state index contributed by atoms with van der Waals surface area (Å²) in [5, 5.41) is 0.560. The number of hydrogen-bond acceptors (Lipinski definition) is 5. The van der Waals surface area contributed by atoms with E-state index >= 15 is 0 Å². The van der Waals surface area contributed by atoms with Crippen LogP contribution in [0.4, 0.5) is 0 Å². The summed E-state index contributed by atoms with van der Waals surface area (Å²) in [5.41, 5.74) is 1.78. The molecule has 30 heavy (non-hydrogen) atoms. The zero-order valence-electron chi connectivity index (χ0n) is 16.0. The highest BCUT2D eigenvalue weighted by Crippen LogP contribution is 2.23. The molecular formula is C24H18ClNO4. The van der Waals surface area contributed by atoms with Gasteiger partial charge in [-0.3, -0.25) is 0 Å². The number of para-hydroxylation sites is 1. The molecule has 0 N–H and O–H groups in total. The Bertz CT molecular complexity index is 1110. The molecular weight excluding hydrogens is 402 g/mol. The molecule has 6 heteroatoms. The highest BCUT2D eigenvalue weighted by atomic mass is 35.5. The van der Waals surface area contributed by atoms with E-state index in [9.17, 15) is 4.79 Å². The van der Waals surface area contributed by atoms with Gasteiger partial charge >= 0.3 is 5.97 Å². The van der Waals surface area contributed by atoms with Gasteiger partial charge in [-0.25, -0.2) is 9.79 Å². The number of nitrogens with zero attached hydrogens (tertiary/aromatic N) is 1. The van der Waals surface area contributed by atoms with E-state index < -0.39 is 5.97 Å². The number of rotatable bonds is 7. The van der Waals surface area contributed by atoms with Gasteiger partial charge in [0.05, 0.1) is 5.02 Å². The zero-order chi connectivity index (χ0) is 20.8. The van der Waals surface area contributed by atoms with Crippen molar-refractivity contribution in [1.29, 1.82) is 0 Å². The lowest BCUT2D eigenvalue weighted by molar-refractivity contribution is -0.129. The summed E-state index contributed by atoms with van der Waals surface area (Å²) in [6.07, 6.45) is 1.67. The summed E-state index contributed by atoms with van der Waals surface area (Å²) in [6.45, 7) is 0.704. The topological polar surface area (TPSA) is 57.1 Å². The molecule has 0 aliphatic carbocycles. The Morgan fingerprint density at radius 2 is 1.67 bits per heavy atom. The molecule has 0 amide bonds. The van der Waals surface area contributed by atoms with Crippen molar-refractivity contribution in [3.05, 3.63) is 101 Å². The fourth-order valence-corrected chi connectivity index (χ4v) is 3.03.